The zero-order valence-electron chi connectivity index (χ0n) is 13.8. The summed E-state index contributed by atoms with van der Waals surface area (Å²) in [6.45, 7) is 0.901. The lowest BCUT2D eigenvalue weighted by Crippen LogP contribution is -2.49. The highest BCUT2D eigenvalue weighted by atomic mass is 32.2. The fourth-order valence-corrected chi connectivity index (χ4v) is 3.17. The van der Waals surface area contributed by atoms with Gasteiger partial charge in [0, 0.05) is 39.4 Å². The lowest BCUT2D eigenvalue weighted by atomic mass is 10.0. The van der Waals surface area contributed by atoms with Crippen LogP contribution >= 0.6 is 0 Å². The number of aromatic nitrogens is 1. The highest BCUT2D eigenvalue weighted by Crippen LogP contribution is 2.20. The summed E-state index contributed by atoms with van der Waals surface area (Å²) in [5, 5.41) is 0. The molecule has 8 heteroatoms. The monoisotopic (exact) mass is 340 g/mol. The first-order valence-corrected chi connectivity index (χ1v) is 9.56. The molecule has 1 saturated heterocycles. The Labute approximate surface area is 137 Å². The van der Waals surface area contributed by atoms with Gasteiger partial charge < -0.3 is 9.80 Å². The topological polar surface area (TPSA) is 82.6 Å². The number of carbonyl (C=O) groups is 1. The van der Waals surface area contributed by atoms with Gasteiger partial charge in [-0.05, 0) is 31.4 Å². The second kappa shape index (κ2) is 7.27. The fourth-order valence-electron chi connectivity index (χ4n) is 2.67. The highest BCUT2D eigenvalue weighted by Gasteiger charge is 2.28. The minimum Gasteiger partial charge on any atom is -0.363 e. The average molecular weight is 340 g/mol. The molecule has 1 N–H and O–H groups in total. The van der Waals surface area contributed by atoms with Gasteiger partial charge in [0.2, 0.25) is 10.0 Å². The minimum atomic E-state index is -3.26. The predicted octanol–water partition coefficient (Wildman–Crippen LogP) is 0.692. The van der Waals surface area contributed by atoms with Crippen molar-refractivity contribution in [2.45, 2.75) is 25.3 Å². The summed E-state index contributed by atoms with van der Waals surface area (Å²) < 4.78 is 25.1. The summed E-state index contributed by atoms with van der Waals surface area (Å²) in [5.41, 5.74) is 0.529. The molecule has 23 heavy (non-hydrogen) atoms. The molecule has 0 saturated carbocycles. The number of piperidine rings is 1. The molecule has 7 nitrogen and oxygen atoms in total. The van der Waals surface area contributed by atoms with Crippen LogP contribution in [0.15, 0.2) is 18.3 Å². The van der Waals surface area contributed by atoms with E-state index in [9.17, 15) is 13.2 Å². The number of pyridine rings is 1. The van der Waals surface area contributed by atoms with Crippen LogP contribution in [0, 0.1) is 0 Å². The van der Waals surface area contributed by atoms with E-state index < -0.39 is 10.0 Å². The number of hydrogen-bond acceptors (Lipinski definition) is 5. The number of sulfonamides is 1. The number of nitrogens with one attached hydrogen (secondary N) is 1. The van der Waals surface area contributed by atoms with E-state index in [0.29, 0.717) is 12.1 Å². The number of carbonyl (C=O) groups excluding carboxylic acids is 1. The molecule has 0 bridgehead atoms. The molecule has 0 spiro atoms. The summed E-state index contributed by atoms with van der Waals surface area (Å²) in [6.07, 6.45) is 5.44. The van der Waals surface area contributed by atoms with Crippen LogP contribution < -0.4 is 9.62 Å². The third-order valence-corrected chi connectivity index (χ3v) is 4.61. The van der Waals surface area contributed by atoms with Crippen molar-refractivity contribution >= 4 is 21.7 Å². The highest BCUT2D eigenvalue weighted by molar-refractivity contribution is 7.88. The van der Waals surface area contributed by atoms with E-state index >= 15 is 0 Å². The van der Waals surface area contributed by atoms with Crippen LogP contribution in [-0.2, 0) is 10.0 Å². The molecule has 1 atom stereocenters. The first-order chi connectivity index (χ1) is 10.8. The van der Waals surface area contributed by atoms with Crippen molar-refractivity contribution in [1.82, 2.24) is 14.6 Å². The van der Waals surface area contributed by atoms with Crippen molar-refractivity contribution < 1.29 is 13.2 Å². The Bertz CT molecular complexity index is 643. The van der Waals surface area contributed by atoms with Gasteiger partial charge in [-0.15, -0.1) is 0 Å². The lowest BCUT2D eigenvalue weighted by Gasteiger charge is -2.35. The summed E-state index contributed by atoms with van der Waals surface area (Å²) in [7, 11) is 0.522. The third kappa shape index (κ3) is 4.90. The maximum atomic E-state index is 12.7. The normalized spacial score (nSPS) is 18.7. The summed E-state index contributed by atoms with van der Waals surface area (Å²) in [4.78, 5) is 20.6. The van der Waals surface area contributed by atoms with Gasteiger partial charge in [0.25, 0.3) is 5.91 Å². The van der Waals surface area contributed by atoms with Gasteiger partial charge in [-0.3, -0.25) is 4.79 Å². The number of anilines is 1. The second-order valence-corrected chi connectivity index (χ2v) is 7.90. The van der Waals surface area contributed by atoms with Crippen LogP contribution in [-0.4, -0.2) is 63.7 Å². The van der Waals surface area contributed by atoms with Crippen molar-refractivity contribution in [2.24, 2.45) is 0 Å². The average Bonchev–Trinajstić information content (AvgIpc) is 2.52. The van der Waals surface area contributed by atoms with Gasteiger partial charge in [-0.25, -0.2) is 18.1 Å². The molecule has 1 aliphatic rings. The first kappa shape index (κ1) is 17.7. The van der Waals surface area contributed by atoms with Gasteiger partial charge in [-0.2, -0.15) is 0 Å². The Hall–Kier alpha value is -1.67. The Balaban J connectivity index is 2.11. The zero-order chi connectivity index (χ0) is 17.0. The molecular formula is C15H24N4O3S. The van der Waals surface area contributed by atoms with E-state index in [1.807, 2.05) is 19.0 Å². The van der Waals surface area contributed by atoms with Gasteiger partial charge in [0.15, 0.2) is 0 Å². The van der Waals surface area contributed by atoms with Crippen molar-refractivity contribution in [3.05, 3.63) is 23.9 Å². The van der Waals surface area contributed by atoms with Crippen LogP contribution in [0.4, 0.5) is 5.82 Å². The smallest absolute Gasteiger partial charge is 0.255 e. The quantitative estimate of drug-likeness (QED) is 0.853. The maximum Gasteiger partial charge on any atom is 0.255 e. The van der Waals surface area contributed by atoms with E-state index in [0.717, 1.165) is 31.3 Å². The van der Waals surface area contributed by atoms with Gasteiger partial charge in [-0.1, -0.05) is 0 Å². The Morgan fingerprint density at radius 3 is 2.70 bits per heavy atom. The molecule has 1 aromatic heterocycles. The molecular weight excluding hydrogens is 316 g/mol. The Morgan fingerprint density at radius 1 is 1.39 bits per heavy atom. The Morgan fingerprint density at radius 2 is 2.13 bits per heavy atom. The molecule has 2 heterocycles. The number of rotatable bonds is 5. The van der Waals surface area contributed by atoms with Crippen LogP contribution in [0.2, 0.25) is 0 Å². The maximum absolute atomic E-state index is 12.7. The molecule has 1 aliphatic heterocycles. The molecule has 0 aromatic carbocycles. The molecule has 0 aliphatic carbocycles. The van der Waals surface area contributed by atoms with Crippen molar-refractivity contribution in [1.29, 1.82) is 0 Å². The van der Waals surface area contributed by atoms with E-state index in [1.165, 1.54) is 0 Å². The summed E-state index contributed by atoms with van der Waals surface area (Å²) in [5.74, 6) is 0.693. The molecule has 1 fully saturated rings. The molecule has 128 valence electrons. The fraction of sp³-hybridized carbons (Fsp3) is 0.600. The number of likely N-dealkylation sites (tertiary alicyclic amines) is 1. The first-order valence-electron chi connectivity index (χ1n) is 7.67. The lowest BCUT2D eigenvalue weighted by molar-refractivity contribution is 0.0618. The predicted molar refractivity (Wildman–Crippen MR) is 90.1 cm³/mol. The van der Waals surface area contributed by atoms with Crippen LogP contribution in [0.3, 0.4) is 0 Å². The molecule has 2 rings (SSSR count). The van der Waals surface area contributed by atoms with Crippen LogP contribution in [0.5, 0.6) is 0 Å². The molecule has 0 radical (unpaired) electrons. The minimum absolute atomic E-state index is 0.0946. The van der Waals surface area contributed by atoms with Gasteiger partial charge in [0.1, 0.15) is 5.82 Å². The van der Waals surface area contributed by atoms with Gasteiger partial charge >= 0.3 is 0 Å². The SMILES string of the molecule is CN(C)c1ccc(C(=O)N2CCCCC2CNS(C)(=O)=O)cn1. The van der Waals surface area contributed by atoms with Crippen LogP contribution in [0.1, 0.15) is 29.6 Å². The molecule has 1 aromatic rings. The third-order valence-electron chi connectivity index (χ3n) is 3.92. The Kier molecular flexibility index (Phi) is 5.59. The van der Waals surface area contributed by atoms with Crippen molar-refractivity contribution in [3.63, 3.8) is 0 Å². The largest absolute Gasteiger partial charge is 0.363 e. The van der Waals surface area contributed by atoms with Crippen molar-refractivity contribution in [3.8, 4) is 0 Å². The number of amides is 1. The number of hydrogen-bond donors (Lipinski definition) is 1. The van der Waals surface area contributed by atoms with E-state index in [1.54, 1.807) is 23.2 Å². The second-order valence-electron chi connectivity index (χ2n) is 6.07. The standard InChI is InChI=1S/C15H24N4O3S/c1-18(2)14-8-7-12(10-16-14)15(20)19-9-5-4-6-13(19)11-17-23(3,21)22/h7-8,10,13,17H,4-6,9,11H2,1-3H3. The summed E-state index contributed by atoms with van der Waals surface area (Å²) in [6, 6.07) is 3.46. The van der Waals surface area contributed by atoms with Gasteiger partial charge in [0.05, 0.1) is 11.8 Å². The zero-order valence-corrected chi connectivity index (χ0v) is 14.6. The molecule has 1 amide bonds. The van der Waals surface area contributed by atoms with E-state index in [4.69, 9.17) is 0 Å². The van der Waals surface area contributed by atoms with E-state index in [2.05, 4.69) is 9.71 Å². The van der Waals surface area contributed by atoms with E-state index in [-0.39, 0.29) is 18.5 Å². The van der Waals surface area contributed by atoms with Crippen molar-refractivity contribution in [2.75, 3.05) is 38.3 Å². The molecule has 1 unspecified atom stereocenters. The number of nitrogens with zero attached hydrogens (tertiary/aromatic N) is 3. The summed E-state index contributed by atoms with van der Waals surface area (Å²) >= 11 is 0. The van der Waals surface area contributed by atoms with Crippen LogP contribution in [0.25, 0.3) is 0 Å².